The minimum absolute atomic E-state index is 0.178. The number of thioether (sulfide) groups is 1. The van der Waals surface area contributed by atoms with Gasteiger partial charge in [0.1, 0.15) is 11.4 Å². The van der Waals surface area contributed by atoms with Crippen molar-refractivity contribution in [3.8, 4) is 0 Å². The molecule has 0 radical (unpaired) electrons. The molecule has 8 nitrogen and oxygen atoms in total. The van der Waals surface area contributed by atoms with Crippen molar-refractivity contribution in [3.63, 3.8) is 0 Å². The highest BCUT2D eigenvalue weighted by Gasteiger charge is 2.54. The standard InChI is InChI=1S/C15H15N3O5S2/c1-7(19)16-9-6-25-14-11(13(21)18(14)12(9)15(22)23)17-10(20)5-8-3-2-4-24-8/h2-4,11,14H,5-6H2,1H3,(H,16,19)(H,17,20)(H,22,23)/t11?,14-/m0/s1. The van der Waals surface area contributed by atoms with Crippen LogP contribution in [0.5, 0.6) is 0 Å². The summed E-state index contributed by atoms with van der Waals surface area (Å²) < 4.78 is 0. The van der Waals surface area contributed by atoms with Crippen LogP contribution in [0, 0.1) is 0 Å². The molecular weight excluding hydrogens is 366 g/mol. The highest BCUT2D eigenvalue weighted by molar-refractivity contribution is 8.00. The van der Waals surface area contributed by atoms with Crippen molar-refractivity contribution >= 4 is 46.8 Å². The normalized spacial score (nSPS) is 22.1. The topological polar surface area (TPSA) is 116 Å². The molecule has 25 heavy (non-hydrogen) atoms. The first-order valence-electron chi connectivity index (χ1n) is 7.39. The van der Waals surface area contributed by atoms with Gasteiger partial charge in [0.15, 0.2) is 5.70 Å². The lowest BCUT2D eigenvalue weighted by Crippen LogP contribution is -2.71. The zero-order valence-electron chi connectivity index (χ0n) is 13.1. The Morgan fingerprint density at radius 2 is 2.16 bits per heavy atom. The fourth-order valence-electron chi connectivity index (χ4n) is 2.72. The number of hydrogen-bond donors (Lipinski definition) is 3. The molecule has 1 aromatic rings. The number of nitrogens with zero attached hydrogens (tertiary/aromatic N) is 1. The van der Waals surface area contributed by atoms with Crippen LogP contribution in [-0.4, -0.2) is 50.9 Å². The van der Waals surface area contributed by atoms with E-state index in [-0.39, 0.29) is 29.5 Å². The average molecular weight is 381 g/mol. The molecule has 3 heterocycles. The summed E-state index contributed by atoms with van der Waals surface area (Å²) in [6.45, 7) is 1.27. The van der Waals surface area contributed by atoms with E-state index in [0.717, 1.165) is 9.78 Å². The maximum Gasteiger partial charge on any atom is 0.354 e. The Morgan fingerprint density at radius 1 is 1.40 bits per heavy atom. The van der Waals surface area contributed by atoms with Gasteiger partial charge in [-0.2, -0.15) is 0 Å². The maximum absolute atomic E-state index is 12.4. The molecule has 2 aliphatic heterocycles. The summed E-state index contributed by atoms with van der Waals surface area (Å²) in [4.78, 5) is 49.2. The fraction of sp³-hybridized carbons (Fsp3) is 0.333. The summed E-state index contributed by atoms with van der Waals surface area (Å²) in [7, 11) is 0. The third-order valence-corrected chi connectivity index (χ3v) is 5.89. The lowest BCUT2D eigenvalue weighted by atomic mass is 10.0. The Balaban J connectivity index is 1.72. The molecule has 0 saturated carbocycles. The molecule has 1 saturated heterocycles. The monoisotopic (exact) mass is 381 g/mol. The Hall–Kier alpha value is -2.33. The molecule has 3 rings (SSSR count). The number of aliphatic carboxylic acids is 1. The molecule has 1 fully saturated rings. The van der Waals surface area contributed by atoms with E-state index in [1.165, 1.54) is 30.0 Å². The highest BCUT2D eigenvalue weighted by Crippen LogP contribution is 2.39. The molecule has 3 amide bonds. The third-order valence-electron chi connectivity index (χ3n) is 3.73. The van der Waals surface area contributed by atoms with Crippen LogP contribution in [0.15, 0.2) is 28.9 Å². The van der Waals surface area contributed by atoms with Crippen LogP contribution in [0.4, 0.5) is 0 Å². The third kappa shape index (κ3) is 3.40. The minimum Gasteiger partial charge on any atom is -0.477 e. The number of carboxylic acid groups (broad SMARTS) is 1. The van der Waals surface area contributed by atoms with E-state index in [1.54, 1.807) is 0 Å². The van der Waals surface area contributed by atoms with Crippen LogP contribution < -0.4 is 10.6 Å². The zero-order chi connectivity index (χ0) is 18.1. The first-order chi connectivity index (χ1) is 11.9. The van der Waals surface area contributed by atoms with Crippen LogP contribution in [0.2, 0.25) is 0 Å². The van der Waals surface area contributed by atoms with E-state index in [2.05, 4.69) is 10.6 Å². The molecule has 2 atom stereocenters. The summed E-state index contributed by atoms with van der Waals surface area (Å²) in [5.74, 6) is -2.22. The number of β-lactam (4-membered cyclic amide) rings is 1. The van der Waals surface area contributed by atoms with Crippen molar-refractivity contribution in [2.24, 2.45) is 0 Å². The van der Waals surface area contributed by atoms with Gasteiger partial charge in [-0.3, -0.25) is 19.3 Å². The molecule has 2 aliphatic rings. The summed E-state index contributed by atoms with van der Waals surface area (Å²) in [6, 6.07) is 2.92. The molecule has 0 bridgehead atoms. The maximum atomic E-state index is 12.4. The number of carbonyl (C=O) groups excluding carboxylic acids is 3. The first-order valence-corrected chi connectivity index (χ1v) is 9.31. The number of nitrogens with one attached hydrogen (secondary N) is 2. The molecule has 0 aromatic carbocycles. The van der Waals surface area contributed by atoms with Gasteiger partial charge < -0.3 is 15.7 Å². The summed E-state index contributed by atoms with van der Waals surface area (Å²) >= 11 is 2.75. The van der Waals surface area contributed by atoms with Crippen LogP contribution in [0.1, 0.15) is 11.8 Å². The van der Waals surface area contributed by atoms with E-state index < -0.39 is 29.2 Å². The van der Waals surface area contributed by atoms with E-state index in [0.29, 0.717) is 0 Å². The SMILES string of the molecule is CC(=O)NC1=C(C(=O)O)N2C(=O)C(NC(=O)Cc3cccs3)[C@@H]2SC1. The molecule has 0 aliphatic carbocycles. The summed E-state index contributed by atoms with van der Waals surface area (Å²) in [5.41, 5.74) is -0.0364. The van der Waals surface area contributed by atoms with Crippen LogP contribution in [0.3, 0.4) is 0 Å². The molecule has 1 aromatic heterocycles. The molecule has 1 unspecified atom stereocenters. The Bertz CT molecular complexity index is 774. The van der Waals surface area contributed by atoms with Gasteiger partial charge in [0, 0.05) is 17.6 Å². The lowest BCUT2D eigenvalue weighted by Gasteiger charge is -2.49. The van der Waals surface area contributed by atoms with Crippen molar-refractivity contribution in [1.29, 1.82) is 0 Å². The number of hydrogen-bond acceptors (Lipinski definition) is 6. The average Bonchev–Trinajstić information content (AvgIpc) is 3.04. The van der Waals surface area contributed by atoms with Gasteiger partial charge in [-0.15, -0.1) is 23.1 Å². The van der Waals surface area contributed by atoms with E-state index >= 15 is 0 Å². The van der Waals surface area contributed by atoms with Gasteiger partial charge in [0.25, 0.3) is 5.91 Å². The predicted octanol–water partition coefficient (Wildman–Crippen LogP) is 0.123. The van der Waals surface area contributed by atoms with E-state index in [9.17, 15) is 24.3 Å². The fourth-order valence-corrected chi connectivity index (χ4v) is 4.71. The molecule has 10 heteroatoms. The van der Waals surface area contributed by atoms with Crippen LogP contribution in [-0.2, 0) is 25.6 Å². The van der Waals surface area contributed by atoms with Gasteiger partial charge in [-0.05, 0) is 11.4 Å². The Morgan fingerprint density at radius 3 is 2.76 bits per heavy atom. The number of rotatable bonds is 5. The summed E-state index contributed by atoms with van der Waals surface area (Å²) in [6.07, 6.45) is 0.178. The Kier molecular flexibility index (Phi) is 4.82. The zero-order valence-corrected chi connectivity index (χ0v) is 14.8. The van der Waals surface area contributed by atoms with Crippen LogP contribution in [0.25, 0.3) is 0 Å². The van der Waals surface area contributed by atoms with Gasteiger partial charge in [-0.25, -0.2) is 4.79 Å². The second kappa shape index (κ2) is 6.89. The Labute approximate surface area is 151 Å². The second-order valence-electron chi connectivity index (χ2n) is 5.52. The molecule has 0 spiro atoms. The van der Waals surface area contributed by atoms with Crippen molar-refractivity contribution in [3.05, 3.63) is 33.8 Å². The second-order valence-corrected chi connectivity index (χ2v) is 7.66. The number of thiophene rings is 1. The van der Waals surface area contributed by atoms with Gasteiger partial charge in [-0.1, -0.05) is 6.07 Å². The lowest BCUT2D eigenvalue weighted by molar-refractivity contribution is -0.150. The number of carboxylic acids is 1. The highest BCUT2D eigenvalue weighted by atomic mass is 32.2. The number of carbonyl (C=O) groups is 4. The van der Waals surface area contributed by atoms with Crippen LogP contribution >= 0.6 is 23.1 Å². The van der Waals surface area contributed by atoms with Crippen molar-refractivity contribution in [1.82, 2.24) is 15.5 Å². The van der Waals surface area contributed by atoms with E-state index in [4.69, 9.17) is 0 Å². The van der Waals surface area contributed by atoms with Gasteiger partial charge >= 0.3 is 5.97 Å². The molecular formula is C15H15N3O5S2. The predicted molar refractivity (Wildman–Crippen MR) is 91.5 cm³/mol. The largest absolute Gasteiger partial charge is 0.477 e. The van der Waals surface area contributed by atoms with Crippen molar-refractivity contribution < 1.29 is 24.3 Å². The van der Waals surface area contributed by atoms with Gasteiger partial charge in [0.2, 0.25) is 11.8 Å². The quantitative estimate of drug-likeness (QED) is 0.624. The molecule has 132 valence electrons. The van der Waals surface area contributed by atoms with Crippen molar-refractivity contribution in [2.45, 2.75) is 24.8 Å². The summed E-state index contributed by atoms with van der Waals surface area (Å²) in [5, 5.41) is 15.9. The minimum atomic E-state index is -1.29. The molecule has 3 N–H and O–H groups in total. The van der Waals surface area contributed by atoms with Crippen molar-refractivity contribution in [2.75, 3.05) is 5.75 Å². The smallest absolute Gasteiger partial charge is 0.354 e. The number of fused-ring (bicyclic) bond motifs is 1. The van der Waals surface area contributed by atoms with E-state index in [1.807, 2.05) is 17.5 Å². The first kappa shape index (κ1) is 17.5. The number of amides is 3. The van der Waals surface area contributed by atoms with Gasteiger partial charge in [0.05, 0.1) is 12.1 Å².